The molecule has 5 nitrogen and oxygen atoms in total. The summed E-state index contributed by atoms with van der Waals surface area (Å²) in [5, 5.41) is 0.181. The average molecular weight is 452 g/mol. The van der Waals surface area contributed by atoms with Gasteiger partial charge in [0.2, 0.25) is 0 Å². The summed E-state index contributed by atoms with van der Waals surface area (Å²) in [7, 11) is 0. The first-order valence-electron chi connectivity index (χ1n) is 11.6. The molecule has 0 aliphatic heterocycles. The Kier molecular flexibility index (Phi) is 5.51. The summed E-state index contributed by atoms with van der Waals surface area (Å²) < 4.78 is 28.3. The van der Waals surface area contributed by atoms with E-state index >= 15 is 0 Å². The second-order valence-electron chi connectivity index (χ2n) is 9.59. The Balaban J connectivity index is 1.62. The van der Waals surface area contributed by atoms with Gasteiger partial charge in [-0.3, -0.25) is 14.6 Å². The van der Waals surface area contributed by atoms with E-state index in [1.807, 2.05) is 0 Å². The fourth-order valence-electron chi connectivity index (χ4n) is 5.93. The molecule has 2 aliphatic rings. The number of amides is 1. The smallest absolute Gasteiger partial charge is 0.268 e. The maximum Gasteiger partial charge on any atom is 0.268 e. The number of fused-ring (bicyclic) bond motifs is 1. The van der Waals surface area contributed by atoms with Crippen molar-refractivity contribution in [1.82, 2.24) is 9.97 Å². The number of aromatic amines is 1. The zero-order valence-corrected chi connectivity index (χ0v) is 18.5. The minimum atomic E-state index is -0.846. The second-order valence-corrected chi connectivity index (χ2v) is 9.59. The molecule has 2 aromatic heterocycles. The van der Waals surface area contributed by atoms with E-state index < -0.39 is 17.5 Å². The van der Waals surface area contributed by atoms with Crippen LogP contribution in [0.25, 0.3) is 10.9 Å². The predicted octanol–water partition coefficient (Wildman–Crippen LogP) is 5.08. The number of benzene rings is 1. The summed E-state index contributed by atoms with van der Waals surface area (Å²) in [6.07, 6.45) is 7.94. The third-order valence-corrected chi connectivity index (χ3v) is 7.88. The summed E-state index contributed by atoms with van der Waals surface area (Å²) in [6.45, 7) is 1.62. The first-order chi connectivity index (χ1) is 15.8. The van der Waals surface area contributed by atoms with Crippen LogP contribution in [0.2, 0.25) is 0 Å². The number of hydrogen-bond donors (Lipinski definition) is 2. The standard InChI is InChI=1S/C26H27F2N3O2/c1-13-16(7-8-19(27)24(13)28)17-6-5-15(14-3-2-4-14)11-18(17)21-12-22(32)23-20(31-21)9-10-30-25(23)26(29)33/h7-10,12,14-15,17-18H,2-6,11H2,1H3,(H2,29,33)(H,31,32)/t15?,17-,18?/m0/s1. The molecule has 0 bridgehead atoms. The van der Waals surface area contributed by atoms with Gasteiger partial charge in [0.25, 0.3) is 5.91 Å². The Morgan fingerprint density at radius 3 is 2.58 bits per heavy atom. The Labute approximate surface area is 190 Å². The van der Waals surface area contributed by atoms with Gasteiger partial charge in [0.15, 0.2) is 17.1 Å². The molecule has 0 radical (unpaired) electrons. The van der Waals surface area contributed by atoms with Crippen molar-refractivity contribution >= 4 is 16.8 Å². The Hall–Kier alpha value is -3.09. The first-order valence-corrected chi connectivity index (χ1v) is 11.6. The molecule has 0 spiro atoms. The largest absolute Gasteiger partial charge is 0.364 e. The van der Waals surface area contributed by atoms with Gasteiger partial charge in [0.05, 0.1) is 10.9 Å². The predicted molar refractivity (Wildman–Crippen MR) is 122 cm³/mol. The number of carbonyl (C=O) groups excluding carboxylic acids is 1. The quantitative estimate of drug-likeness (QED) is 0.580. The van der Waals surface area contributed by atoms with Gasteiger partial charge in [0, 0.05) is 23.9 Å². The van der Waals surface area contributed by atoms with E-state index in [0.717, 1.165) is 30.5 Å². The molecule has 5 rings (SSSR count). The lowest BCUT2D eigenvalue weighted by atomic mass is 9.62. The number of pyridine rings is 2. The molecule has 2 fully saturated rings. The topological polar surface area (TPSA) is 88.8 Å². The van der Waals surface area contributed by atoms with Gasteiger partial charge in [0.1, 0.15) is 5.69 Å². The number of primary amides is 1. The minimum absolute atomic E-state index is 0.0398. The highest BCUT2D eigenvalue weighted by molar-refractivity contribution is 6.03. The van der Waals surface area contributed by atoms with E-state index in [9.17, 15) is 18.4 Å². The van der Waals surface area contributed by atoms with Crippen molar-refractivity contribution in [2.45, 2.75) is 57.3 Å². The monoisotopic (exact) mass is 451 g/mol. The van der Waals surface area contributed by atoms with Crippen molar-refractivity contribution in [3.05, 3.63) is 74.8 Å². The highest BCUT2D eigenvalue weighted by Crippen LogP contribution is 2.51. The van der Waals surface area contributed by atoms with Crippen molar-refractivity contribution in [3.8, 4) is 0 Å². The molecule has 1 aromatic carbocycles. The fraction of sp³-hybridized carbons (Fsp3) is 0.423. The van der Waals surface area contributed by atoms with E-state index in [0.29, 0.717) is 22.9 Å². The first kappa shape index (κ1) is 21.7. The number of hydrogen-bond acceptors (Lipinski definition) is 3. The van der Waals surface area contributed by atoms with Crippen molar-refractivity contribution in [2.75, 3.05) is 0 Å². The number of rotatable bonds is 4. The average Bonchev–Trinajstić information content (AvgIpc) is 2.76. The summed E-state index contributed by atoms with van der Waals surface area (Å²) >= 11 is 0. The van der Waals surface area contributed by atoms with E-state index in [4.69, 9.17) is 5.73 Å². The van der Waals surface area contributed by atoms with Crippen LogP contribution in [-0.2, 0) is 0 Å². The van der Waals surface area contributed by atoms with Crippen LogP contribution in [0.4, 0.5) is 8.78 Å². The molecule has 0 saturated heterocycles. The summed E-state index contributed by atoms with van der Waals surface area (Å²) in [5.74, 6) is -1.26. The van der Waals surface area contributed by atoms with Gasteiger partial charge in [-0.15, -0.1) is 0 Å². The van der Waals surface area contributed by atoms with Gasteiger partial charge in [-0.05, 0) is 67.2 Å². The van der Waals surface area contributed by atoms with Gasteiger partial charge in [-0.1, -0.05) is 25.3 Å². The Morgan fingerprint density at radius 2 is 1.88 bits per heavy atom. The van der Waals surface area contributed by atoms with Crippen LogP contribution in [0.5, 0.6) is 0 Å². The molecule has 2 aliphatic carbocycles. The lowest BCUT2D eigenvalue weighted by Gasteiger charge is -2.43. The van der Waals surface area contributed by atoms with Crippen LogP contribution < -0.4 is 11.2 Å². The lowest BCUT2D eigenvalue weighted by molar-refractivity contribution is 0.0997. The molecule has 7 heteroatoms. The van der Waals surface area contributed by atoms with Crippen LogP contribution in [0, 0.1) is 30.4 Å². The number of H-pyrrole nitrogens is 1. The number of carbonyl (C=O) groups is 1. The highest BCUT2D eigenvalue weighted by Gasteiger charge is 2.39. The zero-order chi connectivity index (χ0) is 23.3. The molecular formula is C26H27F2N3O2. The van der Waals surface area contributed by atoms with Crippen molar-refractivity contribution < 1.29 is 13.6 Å². The molecule has 2 unspecified atom stereocenters. The van der Waals surface area contributed by atoms with E-state index in [1.165, 1.54) is 37.6 Å². The molecule has 172 valence electrons. The number of nitrogens with one attached hydrogen (secondary N) is 1. The van der Waals surface area contributed by atoms with Gasteiger partial charge >= 0.3 is 0 Å². The normalized spacial score (nSPS) is 23.4. The number of nitrogens with two attached hydrogens (primary N) is 1. The Bertz CT molecular complexity index is 1300. The molecule has 3 N–H and O–H groups in total. The minimum Gasteiger partial charge on any atom is -0.364 e. The Morgan fingerprint density at radius 1 is 1.09 bits per heavy atom. The van der Waals surface area contributed by atoms with Gasteiger partial charge in [-0.2, -0.15) is 0 Å². The third kappa shape index (κ3) is 3.73. The SMILES string of the molecule is Cc1c([C@@H]2CCC(C3CCC3)CC2c2cc(=O)c3c(C(N)=O)nccc3[nH]2)ccc(F)c1F. The summed E-state index contributed by atoms with van der Waals surface area (Å²) in [6, 6.07) is 6.08. The fourth-order valence-corrected chi connectivity index (χ4v) is 5.93. The third-order valence-electron chi connectivity index (χ3n) is 7.88. The zero-order valence-electron chi connectivity index (χ0n) is 18.5. The summed E-state index contributed by atoms with van der Waals surface area (Å²) in [5.41, 5.74) is 7.44. The van der Waals surface area contributed by atoms with Crippen molar-refractivity contribution in [3.63, 3.8) is 0 Å². The van der Waals surface area contributed by atoms with Gasteiger partial charge < -0.3 is 10.7 Å². The molecule has 3 atom stereocenters. The van der Waals surface area contributed by atoms with Crippen LogP contribution in [0.1, 0.15) is 77.7 Å². The molecular weight excluding hydrogens is 424 g/mol. The number of nitrogens with zero attached hydrogens (tertiary/aromatic N) is 1. The highest BCUT2D eigenvalue weighted by atomic mass is 19.2. The molecule has 33 heavy (non-hydrogen) atoms. The van der Waals surface area contributed by atoms with Crippen molar-refractivity contribution in [2.24, 2.45) is 17.6 Å². The van der Waals surface area contributed by atoms with Crippen LogP contribution >= 0.6 is 0 Å². The number of halogens is 2. The maximum absolute atomic E-state index is 14.5. The molecule has 3 aromatic rings. The lowest BCUT2D eigenvalue weighted by Crippen LogP contribution is -2.31. The van der Waals surface area contributed by atoms with E-state index in [2.05, 4.69) is 9.97 Å². The molecule has 1 amide bonds. The van der Waals surface area contributed by atoms with Crippen molar-refractivity contribution in [1.29, 1.82) is 0 Å². The number of aromatic nitrogens is 2. The van der Waals surface area contributed by atoms with Crippen LogP contribution in [0.3, 0.4) is 0 Å². The van der Waals surface area contributed by atoms with Crippen LogP contribution in [-0.4, -0.2) is 15.9 Å². The molecule has 2 heterocycles. The van der Waals surface area contributed by atoms with Gasteiger partial charge in [-0.25, -0.2) is 8.78 Å². The maximum atomic E-state index is 14.5. The van der Waals surface area contributed by atoms with Crippen LogP contribution in [0.15, 0.2) is 35.3 Å². The summed E-state index contributed by atoms with van der Waals surface area (Å²) in [4.78, 5) is 32.2. The van der Waals surface area contributed by atoms with E-state index in [-0.39, 0.29) is 28.3 Å². The molecule has 2 saturated carbocycles. The van der Waals surface area contributed by atoms with E-state index in [1.54, 1.807) is 19.1 Å². The second kappa shape index (κ2) is 8.36.